The van der Waals surface area contributed by atoms with E-state index in [2.05, 4.69) is 24.2 Å². The third-order valence-electron chi connectivity index (χ3n) is 4.56. The normalized spacial score (nSPS) is 15.4. The van der Waals surface area contributed by atoms with E-state index in [4.69, 9.17) is 14.0 Å². The second kappa shape index (κ2) is 8.92. The van der Waals surface area contributed by atoms with Crippen molar-refractivity contribution in [2.45, 2.75) is 45.8 Å². The van der Waals surface area contributed by atoms with E-state index in [0.29, 0.717) is 37.0 Å². The van der Waals surface area contributed by atoms with Crippen molar-refractivity contribution in [2.24, 2.45) is 5.92 Å². The first-order valence-electron chi connectivity index (χ1n) is 8.90. The van der Waals surface area contributed by atoms with Crippen LogP contribution in [0.4, 0.5) is 0 Å². The van der Waals surface area contributed by atoms with Crippen molar-refractivity contribution >= 4 is 5.78 Å². The number of carbonyl (C=O) groups excluding carboxylic acids is 1. The summed E-state index contributed by atoms with van der Waals surface area (Å²) in [7, 11) is 0. The lowest BCUT2D eigenvalue weighted by Crippen LogP contribution is -2.16. The van der Waals surface area contributed by atoms with Crippen LogP contribution in [0.25, 0.3) is 0 Å². The zero-order chi connectivity index (χ0) is 17.5. The van der Waals surface area contributed by atoms with Crippen molar-refractivity contribution in [3.8, 4) is 0 Å². The van der Waals surface area contributed by atoms with Gasteiger partial charge in [-0.05, 0) is 37.7 Å². The van der Waals surface area contributed by atoms with Gasteiger partial charge in [0, 0.05) is 25.7 Å². The minimum Gasteiger partial charge on any atom is -0.381 e. The monoisotopic (exact) mass is 343 g/mol. The molecule has 0 unspecified atom stereocenters. The third kappa shape index (κ3) is 5.51. The van der Waals surface area contributed by atoms with Gasteiger partial charge in [-0.25, -0.2) is 0 Å². The van der Waals surface area contributed by atoms with Gasteiger partial charge in [0.1, 0.15) is 12.3 Å². The molecule has 1 fully saturated rings. The summed E-state index contributed by atoms with van der Waals surface area (Å²) in [5.41, 5.74) is 2.73. The van der Waals surface area contributed by atoms with Crippen LogP contribution in [0.5, 0.6) is 0 Å². The van der Waals surface area contributed by atoms with Gasteiger partial charge in [0.15, 0.2) is 11.5 Å². The molecular weight excluding hydrogens is 318 g/mol. The van der Waals surface area contributed by atoms with E-state index >= 15 is 0 Å². The van der Waals surface area contributed by atoms with E-state index in [0.717, 1.165) is 38.0 Å². The molecule has 1 aromatic heterocycles. The Balaban J connectivity index is 1.42. The zero-order valence-electron chi connectivity index (χ0n) is 14.7. The van der Waals surface area contributed by atoms with Gasteiger partial charge in [-0.2, -0.15) is 0 Å². The van der Waals surface area contributed by atoms with Crippen LogP contribution in [0.15, 0.2) is 34.9 Å². The van der Waals surface area contributed by atoms with Crippen LogP contribution in [0.3, 0.4) is 0 Å². The minimum atomic E-state index is 0.0418. The number of hydrogen-bond acceptors (Lipinski definition) is 5. The summed E-state index contributed by atoms with van der Waals surface area (Å²) in [6, 6.07) is 9.88. The van der Waals surface area contributed by atoms with Crippen molar-refractivity contribution in [1.82, 2.24) is 5.16 Å². The zero-order valence-corrected chi connectivity index (χ0v) is 14.7. The second-order valence-corrected chi connectivity index (χ2v) is 6.68. The van der Waals surface area contributed by atoms with Crippen LogP contribution in [-0.4, -0.2) is 24.2 Å². The number of Topliss-reactive ketones (excluding diaryl/α,β-unsaturated/α-hetero) is 1. The highest BCUT2D eigenvalue weighted by molar-refractivity contribution is 5.94. The highest BCUT2D eigenvalue weighted by Crippen LogP contribution is 2.21. The molecule has 5 nitrogen and oxygen atoms in total. The van der Waals surface area contributed by atoms with Gasteiger partial charge in [-0.1, -0.05) is 35.0 Å². The lowest BCUT2D eigenvalue weighted by Gasteiger charge is -2.21. The largest absolute Gasteiger partial charge is 0.381 e. The fourth-order valence-corrected chi connectivity index (χ4v) is 3.08. The number of aryl methyl sites for hydroxylation is 1. The smallest absolute Gasteiger partial charge is 0.184 e. The maximum atomic E-state index is 12.2. The van der Waals surface area contributed by atoms with Crippen LogP contribution in [-0.2, 0) is 22.7 Å². The van der Waals surface area contributed by atoms with Gasteiger partial charge >= 0.3 is 0 Å². The Morgan fingerprint density at radius 3 is 2.88 bits per heavy atom. The number of nitrogens with zero attached hydrogens (tertiary/aromatic N) is 1. The Morgan fingerprint density at radius 2 is 2.08 bits per heavy atom. The summed E-state index contributed by atoms with van der Waals surface area (Å²) < 4.78 is 16.2. The molecule has 0 spiro atoms. The molecule has 2 aromatic rings. The first-order valence-corrected chi connectivity index (χ1v) is 8.90. The maximum absolute atomic E-state index is 12.2. The fraction of sp³-hybridized carbons (Fsp3) is 0.500. The van der Waals surface area contributed by atoms with Gasteiger partial charge in [0.2, 0.25) is 0 Å². The van der Waals surface area contributed by atoms with Gasteiger partial charge in [-0.3, -0.25) is 4.79 Å². The summed E-state index contributed by atoms with van der Waals surface area (Å²) in [5.74, 6) is 1.21. The molecule has 3 rings (SSSR count). The molecule has 0 aliphatic carbocycles. The summed E-state index contributed by atoms with van der Waals surface area (Å²) in [5, 5.41) is 3.89. The van der Waals surface area contributed by atoms with E-state index < -0.39 is 0 Å². The highest BCUT2D eigenvalue weighted by Gasteiger charge is 2.18. The lowest BCUT2D eigenvalue weighted by atomic mass is 9.93. The Labute approximate surface area is 148 Å². The molecule has 0 N–H and O–H groups in total. The van der Waals surface area contributed by atoms with E-state index in [1.54, 1.807) is 6.07 Å². The van der Waals surface area contributed by atoms with E-state index in [-0.39, 0.29) is 5.78 Å². The molecular formula is C20H25NO4. The molecule has 0 radical (unpaired) electrons. The summed E-state index contributed by atoms with van der Waals surface area (Å²) in [4.78, 5) is 12.2. The van der Waals surface area contributed by atoms with Crippen molar-refractivity contribution < 1.29 is 18.8 Å². The quantitative estimate of drug-likeness (QED) is 0.676. The van der Waals surface area contributed by atoms with Crippen LogP contribution in [0, 0.1) is 12.8 Å². The highest BCUT2D eigenvalue weighted by atomic mass is 16.5. The maximum Gasteiger partial charge on any atom is 0.184 e. The number of carbonyl (C=O) groups is 1. The molecule has 5 heteroatoms. The molecule has 1 aliphatic rings. The van der Waals surface area contributed by atoms with Crippen LogP contribution in [0.2, 0.25) is 0 Å². The van der Waals surface area contributed by atoms with Crippen LogP contribution >= 0.6 is 0 Å². The molecule has 2 heterocycles. The van der Waals surface area contributed by atoms with E-state index in [1.807, 2.05) is 12.1 Å². The predicted octanol–water partition coefficient (Wildman–Crippen LogP) is 4.09. The predicted molar refractivity (Wildman–Crippen MR) is 93.3 cm³/mol. The van der Waals surface area contributed by atoms with Gasteiger partial charge in [0.05, 0.1) is 6.61 Å². The summed E-state index contributed by atoms with van der Waals surface area (Å²) in [6.07, 6.45) is 3.50. The number of aromatic nitrogens is 1. The number of rotatable bonds is 8. The van der Waals surface area contributed by atoms with Gasteiger partial charge in [-0.15, -0.1) is 0 Å². The second-order valence-electron chi connectivity index (χ2n) is 6.68. The minimum absolute atomic E-state index is 0.0418. The molecule has 134 valence electrons. The van der Waals surface area contributed by atoms with Crippen molar-refractivity contribution in [3.05, 3.63) is 52.9 Å². The Hall–Kier alpha value is -1.98. The SMILES string of the molecule is Cc1cccc(COCc2cc(C(=O)CCC3CCOCC3)no2)c1. The average molecular weight is 343 g/mol. The molecule has 1 aromatic carbocycles. The van der Waals surface area contributed by atoms with Crippen LogP contribution < -0.4 is 0 Å². The third-order valence-corrected chi connectivity index (χ3v) is 4.56. The average Bonchev–Trinajstić information content (AvgIpc) is 3.10. The molecule has 0 amide bonds. The van der Waals surface area contributed by atoms with Crippen molar-refractivity contribution in [2.75, 3.05) is 13.2 Å². The number of hydrogen-bond donors (Lipinski definition) is 0. The van der Waals surface area contributed by atoms with E-state index in [1.165, 1.54) is 5.56 Å². The number of benzene rings is 1. The van der Waals surface area contributed by atoms with Crippen LogP contribution in [0.1, 0.15) is 53.1 Å². The first-order chi connectivity index (χ1) is 12.2. The molecule has 0 atom stereocenters. The molecule has 0 saturated carbocycles. The topological polar surface area (TPSA) is 61.6 Å². The molecule has 1 aliphatic heterocycles. The van der Waals surface area contributed by atoms with Crippen molar-refractivity contribution in [1.29, 1.82) is 0 Å². The van der Waals surface area contributed by atoms with Gasteiger partial charge in [0.25, 0.3) is 0 Å². The van der Waals surface area contributed by atoms with Gasteiger partial charge < -0.3 is 14.0 Å². The lowest BCUT2D eigenvalue weighted by molar-refractivity contribution is 0.0618. The standard InChI is InChI=1S/C20H25NO4/c1-15-3-2-4-17(11-15)13-24-14-18-12-19(21-25-18)20(22)6-5-16-7-9-23-10-8-16/h2-4,11-12,16H,5-10,13-14H2,1H3. The van der Waals surface area contributed by atoms with E-state index in [9.17, 15) is 4.79 Å². The Kier molecular flexibility index (Phi) is 6.36. The summed E-state index contributed by atoms with van der Waals surface area (Å²) in [6.45, 7) is 4.50. The summed E-state index contributed by atoms with van der Waals surface area (Å²) >= 11 is 0. The Morgan fingerprint density at radius 1 is 1.24 bits per heavy atom. The Bertz CT molecular complexity index is 689. The number of ketones is 1. The molecule has 1 saturated heterocycles. The van der Waals surface area contributed by atoms with Crippen molar-refractivity contribution in [3.63, 3.8) is 0 Å². The molecule has 0 bridgehead atoms. The number of ether oxygens (including phenoxy) is 2. The first kappa shape index (κ1) is 17.8. The fourth-order valence-electron chi connectivity index (χ4n) is 3.08. The molecule has 25 heavy (non-hydrogen) atoms.